The molecule has 0 bridgehead atoms. The first kappa shape index (κ1) is 15.9. The minimum Gasteiger partial charge on any atom is -0.481 e. The van der Waals surface area contributed by atoms with Gasteiger partial charge in [-0.3, -0.25) is 9.59 Å². The second kappa shape index (κ2) is 7.54. The van der Waals surface area contributed by atoms with Crippen molar-refractivity contribution in [1.82, 2.24) is 10.3 Å². The van der Waals surface area contributed by atoms with Crippen molar-refractivity contribution in [2.45, 2.75) is 44.6 Å². The Labute approximate surface area is 132 Å². The molecule has 0 spiro atoms. The molecule has 1 aliphatic rings. The van der Waals surface area contributed by atoms with Crippen LogP contribution in [0.2, 0.25) is 0 Å². The van der Waals surface area contributed by atoms with Gasteiger partial charge in [0.15, 0.2) is 0 Å². The maximum Gasteiger partial charge on any atom is 0.308 e. The van der Waals surface area contributed by atoms with Gasteiger partial charge in [-0.2, -0.15) is 0 Å². The average Bonchev–Trinajstić information content (AvgIpc) is 2.42. The molecule has 2 rings (SSSR count). The third kappa shape index (κ3) is 4.52. The number of carboxylic acids is 1. The molecule has 0 aliphatic heterocycles. The van der Waals surface area contributed by atoms with Crippen molar-refractivity contribution in [3.05, 3.63) is 28.5 Å². The van der Waals surface area contributed by atoms with Crippen LogP contribution in [-0.4, -0.2) is 28.0 Å². The Bertz CT molecular complexity index is 504. The minimum absolute atomic E-state index is 0.306. The molecule has 2 N–H and O–H groups in total. The summed E-state index contributed by atoms with van der Waals surface area (Å²) in [5, 5.41) is 12.2. The van der Waals surface area contributed by atoms with Gasteiger partial charge in [0, 0.05) is 16.7 Å². The Balaban J connectivity index is 2.07. The third-order valence-electron chi connectivity index (χ3n) is 3.86. The monoisotopic (exact) mass is 354 g/mol. The van der Waals surface area contributed by atoms with Gasteiger partial charge in [-0.1, -0.05) is 25.7 Å². The summed E-state index contributed by atoms with van der Waals surface area (Å²) in [4.78, 5) is 27.7. The molecule has 1 aromatic rings. The van der Waals surface area contributed by atoms with Crippen LogP contribution in [0.25, 0.3) is 0 Å². The van der Waals surface area contributed by atoms with E-state index in [4.69, 9.17) is 0 Å². The summed E-state index contributed by atoms with van der Waals surface area (Å²) in [6.45, 7) is 0. The number of nitrogens with one attached hydrogen (secondary N) is 1. The van der Waals surface area contributed by atoms with E-state index in [0.29, 0.717) is 18.5 Å². The van der Waals surface area contributed by atoms with Crippen LogP contribution in [0.15, 0.2) is 22.8 Å². The zero-order chi connectivity index (χ0) is 15.2. The molecule has 1 aromatic heterocycles. The molecule has 1 fully saturated rings. The van der Waals surface area contributed by atoms with Gasteiger partial charge in [0.05, 0.1) is 5.92 Å². The average molecular weight is 355 g/mol. The highest BCUT2D eigenvalue weighted by Gasteiger charge is 2.30. The first-order valence-electron chi connectivity index (χ1n) is 7.23. The van der Waals surface area contributed by atoms with Crippen molar-refractivity contribution in [2.75, 3.05) is 0 Å². The molecular weight excluding hydrogens is 336 g/mol. The highest BCUT2D eigenvalue weighted by atomic mass is 79.9. The quantitative estimate of drug-likeness (QED) is 0.874. The molecule has 1 heterocycles. The Morgan fingerprint density at radius 2 is 1.90 bits per heavy atom. The predicted molar refractivity (Wildman–Crippen MR) is 82.0 cm³/mol. The largest absolute Gasteiger partial charge is 0.481 e. The number of hydrogen-bond donors (Lipinski definition) is 2. The fraction of sp³-hybridized carbons (Fsp3) is 0.533. The molecule has 2 atom stereocenters. The van der Waals surface area contributed by atoms with E-state index >= 15 is 0 Å². The Morgan fingerprint density at radius 1 is 1.19 bits per heavy atom. The number of rotatable bonds is 3. The van der Waals surface area contributed by atoms with Crippen LogP contribution in [0, 0.1) is 5.92 Å². The van der Waals surface area contributed by atoms with Crippen LogP contribution in [-0.2, 0) is 4.79 Å². The van der Waals surface area contributed by atoms with E-state index in [1.807, 2.05) is 0 Å². The van der Waals surface area contributed by atoms with Gasteiger partial charge in [-0.05, 0) is 40.9 Å². The predicted octanol–water partition coefficient (Wildman–Crippen LogP) is 3.00. The molecule has 1 amide bonds. The number of carbonyl (C=O) groups excluding carboxylic acids is 1. The van der Waals surface area contributed by atoms with Crippen molar-refractivity contribution in [3.8, 4) is 0 Å². The molecule has 0 radical (unpaired) electrons. The van der Waals surface area contributed by atoms with Crippen LogP contribution >= 0.6 is 15.9 Å². The molecule has 6 heteroatoms. The van der Waals surface area contributed by atoms with E-state index in [9.17, 15) is 14.7 Å². The molecule has 5 nitrogen and oxygen atoms in total. The summed E-state index contributed by atoms with van der Waals surface area (Å²) < 4.78 is 0.799. The summed E-state index contributed by atoms with van der Waals surface area (Å²) in [5.74, 6) is -1.64. The van der Waals surface area contributed by atoms with E-state index in [1.165, 1.54) is 0 Å². The fourth-order valence-electron chi connectivity index (χ4n) is 2.71. The lowest BCUT2D eigenvalue weighted by Gasteiger charge is -2.27. The molecule has 114 valence electrons. The highest BCUT2D eigenvalue weighted by molar-refractivity contribution is 9.10. The Kier molecular flexibility index (Phi) is 5.73. The van der Waals surface area contributed by atoms with E-state index in [1.54, 1.807) is 18.3 Å². The molecule has 1 aliphatic carbocycles. The SMILES string of the molecule is O=C(NC1CCCCCCC1C(=O)O)c1ccc(Br)cn1. The van der Waals surface area contributed by atoms with Gasteiger partial charge in [-0.15, -0.1) is 0 Å². The lowest BCUT2D eigenvalue weighted by Crippen LogP contribution is -2.44. The summed E-state index contributed by atoms with van der Waals surface area (Å²) in [6.07, 6.45) is 6.89. The minimum atomic E-state index is -0.828. The van der Waals surface area contributed by atoms with Crippen LogP contribution in [0.4, 0.5) is 0 Å². The molecule has 0 saturated heterocycles. The number of carbonyl (C=O) groups is 2. The zero-order valence-electron chi connectivity index (χ0n) is 11.7. The maximum absolute atomic E-state index is 12.2. The first-order chi connectivity index (χ1) is 10.1. The fourth-order valence-corrected chi connectivity index (χ4v) is 2.94. The third-order valence-corrected chi connectivity index (χ3v) is 4.33. The van der Waals surface area contributed by atoms with Crippen molar-refractivity contribution in [3.63, 3.8) is 0 Å². The summed E-state index contributed by atoms with van der Waals surface area (Å²) in [6, 6.07) is 3.05. The molecular formula is C15H19BrN2O3. The van der Waals surface area contributed by atoms with Crippen molar-refractivity contribution >= 4 is 27.8 Å². The topological polar surface area (TPSA) is 79.3 Å². The van der Waals surface area contributed by atoms with Crippen LogP contribution < -0.4 is 5.32 Å². The Morgan fingerprint density at radius 3 is 2.52 bits per heavy atom. The summed E-state index contributed by atoms with van der Waals surface area (Å²) in [5.41, 5.74) is 0.310. The molecule has 1 saturated carbocycles. The molecule has 0 aromatic carbocycles. The number of aromatic nitrogens is 1. The number of carboxylic acid groups (broad SMARTS) is 1. The number of hydrogen-bond acceptors (Lipinski definition) is 3. The maximum atomic E-state index is 12.2. The second-order valence-electron chi connectivity index (χ2n) is 5.38. The number of aliphatic carboxylic acids is 1. The van der Waals surface area contributed by atoms with Crippen molar-refractivity contribution < 1.29 is 14.7 Å². The smallest absolute Gasteiger partial charge is 0.308 e. The van der Waals surface area contributed by atoms with E-state index in [0.717, 1.165) is 30.2 Å². The van der Waals surface area contributed by atoms with Gasteiger partial charge >= 0.3 is 5.97 Å². The van der Waals surface area contributed by atoms with Crippen molar-refractivity contribution in [1.29, 1.82) is 0 Å². The molecule has 21 heavy (non-hydrogen) atoms. The van der Waals surface area contributed by atoms with Crippen LogP contribution in [0.3, 0.4) is 0 Å². The summed E-state index contributed by atoms with van der Waals surface area (Å²) >= 11 is 3.27. The highest BCUT2D eigenvalue weighted by Crippen LogP contribution is 2.23. The van der Waals surface area contributed by atoms with E-state index in [-0.39, 0.29) is 11.9 Å². The first-order valence-corrected chi connectivity index (χ1v) is 8.02. The van der Waals surface area contributed by atoms with E-state index in [2.05, 4.69) is 26.2 Å². The number of halogens is 1. The normalized spacial score (nSPS) is 22.9. The summed E-state index contributed by atoms with van der Waals surface area (Å²) in [7, 11) is 0. The second-order valence-corrected chi connectivity index (χ2v) is 6.29. The Hall–Kier alpha value is -1.43. The lowest BCUT2D eigenvalue weighted by atomic mass is 9.86. The number of amides is 1. The van der Waals surface area contributed by atoms with Gasteiger partial charge in [0.2, 0.25) is 0 Å². The van der Waals surface area contributed by atoms with Crippen LogP contribution in [0.1, 0.15) is 49.0 Å². The zero-order valence-corrected chi connectivity index (χ0v) is 13.3. The van der Waals surface area contributed by atoms with Crippen molar-refractivity contribution in [2.24, 2.45) is 5.92 Å². The van der Waals surface area contributed by atoms with Crippen LogP contribution in [0.5, 0.6) is 0 Å². The van der Waals surface area contributed by atoms with E-state index < -0.39 is 11.9 Å². The number of pyridine rings is 1. The van der Waals surface area contributed by atoms with Gasteiger partial charge in [-0.25, -0.2) is 4.98 Å². The lowest BCUT2D eigenvalue weighted by molar-refractivity contribution is -0.143. The van der Waals surface area contributed by atoms with Gasteiger partial charge < -0.3 is 10.4 Å². The number of nitrogens with zero attached hydrogens (tertiary/aromatic N) is 1. The molecule has 2 unspecified atom stereocenters. The van der Waals surface area contributed by atoms with Gasteiger partial charge in [0.25, 0.3) is 5.91 Å². The van der Waals surface area contributed by atoms with Gasteiger partial charge in [0.1, 0.15) is 5.69 Å². The standard InChI is InChI=1S/C15H19BrN2O3/c16-10-7-8-13(17-9-10)14(19)18-12-6-4-2-1-3-5-11(12)15(20)21/h7-9,11-12H,1-6H2,(H,18,19)(H,20,21).